The molecule has 0 aromatic heterocycles. The number of nitro groups is 1. The van der Waals surface area contributed by atoms with Gasteiger partial charge in [0.1, 0.15) is 11.3 Å². The standard InChI is InChI=1S/C16H21F2N3O4/c1-10-9-19(15(22)25-16(2,3)4)5-6-20(10)14-12(17)7-11(21(23)24)8-13(14)18/h7-8,10H,5-6,9H2,1-4H3/t10-/m1/s1. The number of nitro benzene ring substituents is 1. The van der Waals surface area contributed by atoms with Crippen LogP contribution in [0.3, 0.4) is 0 Å². The first-order valence-electron chi connectivity index (χ1n) is 7.87. The lowest BCUT2D eigenvalue weighted by Crippen LogP contribution is -2.55. The topological polar surface area (TPSA) is 75.9 Å². The highest BCUT2D eigenvalue weighted by molar-refractivity contribution is 5.69. The smallest absolute Gasteiger partial charge is 0.410 e. The number of hydrogen-bond donors (Lipinski definition) is 0. The third-order valence-corrected chi connectivity index (χ3v) is 3.78. The van der Waals surface area contributed by atoms with E-state index in [0.29, 0.717) is 12.1 Å². The van der Waals surface area contributed by atoms with E-state index >= 15 is 0 Å². The van der Waals surface area contributed by atoms with Gasteiger partial charge in [-0.1, -0.05) is 0 Å². The van der Waals surface area contributed by atoms with Crippen LogP contribution in [0.15, 0.2) is 12.1 Å². The summed E-state index contributed by atoms with van der Waals surface area (Å²) in [5, 5.41) is 10.7. The zero-order valence-corrected chi connectivity index (χ0v) is 14.6. The summed E-state index contributed by atoms with van der Waals surface area (Å²) in [6, 6.07) is 1.02. The molecular weight excluding hydrogens is 336 g/mol. The van der Waals surface area contributed by atoms with Crippen LogP contribution in [-0.2, 0) is 4.74 Å². The Kier molecular flexibility index (Phi) is 5.15. The van der Waals surface area contributed by atoms with Crippen molar-refractivity contribution in [2.45, 2.75) is 39.3 Å². The van der Waals surface area contributed by atoms with Crippen molar-refractivity contribution in [3.05, 3.63) is 33.9 Å². The van der Waals surface area contributed by atoms with Gasteiger partial charge in [-0.05, 0) is 27.7 Å². The fourth-order valence-electron chi connectivity index (χ4n) is 2.71. The zero-order chi connectivity index (χ0) is 18.9. The van der Waals surface area contributed by atoms with Gasteiger partial charge in [-0.3, -0.25) is 10.1 Å². The van der Waals surface area contributed by atoms with Crippen LogP contribution in [0.5, 0.6) is 0 Å². The second kappa shape index (κ2) is 6.81. The molecule has 138 valence electrons. The van der Waals surface area contributed by atoms with Crippen LogP contribution in [0.1, 0.15) is 27.7 Å². The van der Waals surface area contributed by atoms with Crippen LogP contribution in [0.4, 0.5) is 25.0 Å². The van der Waals surface area contributed by atoms with Gasteiger partial charge in [0.2, 0.25) is 0 Å². The zero-order valence-electron chi connectivity index (χ0n) is 14.6. The van der Waals surface area contributed by atoms with E-state index in [1.807, 2.05) is 0 Å². The van der Waals surface area contributed by atoms with Gasteiger partial charge >= 0.3 is 6.09 Å². The highest BCUT2D eigenvalue weighted by Gasteiger charge is 2.33. The van der Waals surface area contributed by atoms with Crippen molar-refractivity contribution in [3.8, 4) is 0 Å². The van der Waals surface area contributed by atoms with E-state index in [1.54, 1.807) is 27.7 Å². The molecule has 1 amide bonds. The molecule has 1 fully saturated rings. The Morgan fingerprint density at radius 2 is 1.84 bits per heavy atom. The first-order chi connectivity index (χ1) is 11.5. The molecular formula is C16H21F2N3O4. The summed E-state index contributed by atoms with van der Waals surface area (Å²) in [5.41, 5.74) is -1.59. The number of carbonyl (C=O) groups excluding carboxylic acids is 1. The maximum atomic E-state index is 14.2. The highest BCUT2D eigenvalue weighted by Crippen LogP contribution is 2.31. The van der Waals surface area contributed by atoms with Gasteiger partial charge in [0.15, 0.2) is 11.6 Å². The summed E-state index contributed by atoms with van der Waals surface area (Å²) in [6.07, 6.45) is -0.483. The molecule has 0 aliphatic carbocycles. The third-order valence-electron chi connectivity index (χ3n) is 3.78. The molecule has 1 aromatic rings. The highest BCUT2D eigenvalue weighted by atomic mass is 19.1. The molecule has 1 heterocycles. The number of benzene rings is 1. The summed E-state index contributed by atoms with van der Waals surface area (Å²) in [5.74, 6) is -1.99. The van der Waals surface area contributed by atoms with Crippen LogP contribution < -0.4 is 4.90 Å². The number of nitrogens with zero attached hydrogens (tertiary/aromatic N) is 3. The van der Waals surface area contributed by atoms with Crippen molar-refractivity contribution in [1.82, 2.24) is 4.90 Å². The predicted molar refractivity (Wildman–Crippen MR) is 87.6 cm³/mol. The second-order valence-corrected chi connectivity index (χ2v) is 6.98. The molecule has 2 rings (SSSR count). The molecule has 7 nitrogen and oxygen atoms in total. The molecule has 9 heteroatoms. The molecule has 25 heavy (non-hydrogen) atoms. The van der Waals surface area contributed by atoms with E-state index in [2.05, 4.69) is 0 Å². The van der Waals surface area contributed by atoms with E-state index in [0.717, 1.165) is 0 Å². The summed E-state index contributed by atoms with van der Waals surface area (Å²) >= 11 is 0. The third kappa shape index (κ3) is 4.34. The molecule has 0 bridgehead atoms. The van der Waals surface area contributed by atoms with Crippen molar-refractivity contribution < 1.29 is 23.2 Å². The van der Waals surface area contributed by atoms with Gasteiger partial charge in [0, 0.05) is 25.7 Å². The normalized spacial score (nSPS) is 18.2. The Hall–Kier alpha value is -2.45. The van der Waals surface area contributed by atoms with Gasteiger partial charge in [-0.15, -0.1) is 0 Å². The first kappa shape index (κ1) is 18.9. The number of piperazine rings is 1. The van der Waals surface area contributed by atoms with Crippen LogP contribution in [-0.4, -0.2) is 47.2 Å². The fraction of sp³-hybridized carbons (Fsp3) is 0.562. The lowest BCUT2D eigenvalue weighted by molar-refractivity contribution is -0.385. The molecule has 1 saturated heterocycles. The van der Waals surface area contributed by atoms with E-state index in [4.69, 9.17) is 4.74 Å². The lowest BCUT2D eigenvalue weighted by atomic mass is 10.1. The average Bonchev–Trinajstić information content (AvgIpc) is 2.46. The fourth-order valence-corrected chi connectivity index (χ4v) is 2.71. The van der Waals surface area contributed by atoms with Crippen LogP contribution >= 0.6 is 0 Å². The van der Waals surface area contributed by atoms with Gasteiger partial charge in [0.05, 0.1) is 17.1 Å². The number of anilines is 1. The number of halogens is 2. The molecule has 0 saturated carbocycles. The Balaban J connectivity index is 2.17. The first-order valence-corrected chi connectivity index (χ1v) is 7.87. The van der Waals surface area contributed by atoms with E-state index < -0.39 is 33.9 Å². The minimum absolute atomic E-state index is 0.187. The Bertz CT molecular complexity index is 667. The predicted octanol–water partition coefficient (Wildman–Crippen LogP) is 3.32. The minimum atomic E-state index is -0.996. The molecule has 0 N–H and O–H groups in total. The second-order valence-electron chi connectivity index (χ2n) is 6.98. The van der Waals surface area contributed by atoms with Gasteiger partial charge < -0.3 is 14.5 Å². The molecule has 1 atom stereocenters. The molecule has 1 aromatic carbocycles. The van der Waals surface area contributed by atoms with E-state index in [1.165, 1.54) is 9.80 Å². The Morgan fingerprint density at radius 3 is 2.28 bits per heavy atom. The monoisotopic (exact) mass is 357 g/mol. The van der Waals surface area contributed by atoms with Crippen molar-refractivity contribution in [3.63, 3.8) is 0 Å². The van der Waals surface area contributed by atoms with Gasteiger partial charge in [-0.25, -0.2) is 13.6 Å². The summed E-state index contributed by atoms with van der Waals surface area (Å²) in [4.78, 5) is 24.9. The average molecular weight is 357 g/mol. The SMILES string of the molecule is C[C@@H]1CN(C(=O)OC(C)(C)C)CCN1c1c(F)cc([N+](=O)[O-])cc1F. The summed E-state index contributed by atoms with van der Waals surface area (Å²) in [6.45, 7) is 7.63. The number of amides is 1. The number of carbonyl (C=O) groups is 1. The van der Waals surface area contributed by atoms with Crippen LogP contribution in [0.2, 0.25) is 0 Å². The van der Waals surface area contributed by atoms with Crippen molar-refractivity contribution in [1.29, 1.82) is 0 Å². The Morgan fingerprint density at radius 1 is 1.28 bits per heavy atom. The summed E-state index contributed by atoms with van der Waals surface area (Å²) in [7, 11) is 0. The molecule has 1 aliphatic heterocycles. The largest absolute Gasteiger partial charge is 0.444 e. The number of ether oxygens (including phenoxy) is 1. The maximum Gasteiger partial charge on any atom is 0.410 e. The Labute approximate surface area is 144 Å². The van der Waals surface area contributed by atoms with Gasteiger partial charge in [-0.2, -0.15) is 0 Å². The maximum absolute atomic E-state index is 14.2. The van der Waals surface area contributed by atoms with Crippen molar-refractivity contribution in [2.75, 3.05) is 24.5 Å². The molecule has 0 spiro atoms. The van der Waals surface area contributed by atoms with E-state index in [-0.39, 0.29) is 31.4 Å². The van der Waals surface area contributed by atoms with E-state index in [9.17, 15) is 23.7 Å². The molecule has 0 radical (unpaired) electrons. The number of non-ortho nitro benzene ring substituents is 1. The summed E-state index contributed by atoms with van der Waals surface area (Å²) < 4.78 is 33.7. The molecule has 0 unspecified atom stereocenters. The molecule has 1 aliphatic rings. The van der Waals surface area contributed by atoms with Gasteiger partial charge in [0.25, 0.3) is 5.69 Å². The van der Waals surface area contributed by atoms with Crippen molar-refractivity contribution in [2.24, 2.45) is 0 Å². The quantitative estimate of drug-likeness (QED) is 0.599. The minimum Gasteiger partial charge on any atom is -0.444 e. The number of rotatable bonds is 2. The lowest BCUT2D eigenvalue weighted by Gasteiger charge is -2.41. The van der Waals surface area contributed by atoms with Crippen LogP contribution in [0.25, 0.3) is 0 Å². The van der Waals surface area contributed by atoms with Crippen molar-refractivity contribution >= 4 is 17.5 Å². The number of hydrogen-bond acceptors (Lipinski definition) is 5. The van der Waals surface area contributed by atoms with Crippen LogP contribution in [0, 0.1) is 21.7 Å².